The minimum Gasteiger partial charge on any atom is -0.444 e. The van der Waals surface area contributed by atoms with Crippen LogP contribution in [0.25, 0.3) is 0 Å². The molecule has 1 atom stereocenters. The van der Waals surface area contributed by atoms with Gasteiger partial charge in [0.25, 0.3) is 5.91 Å². The third-order valence-corrected chi connectivity index (χ3v) is 5.06. The van der Waals surface area contributed by atoms with Crippen LogP contribution >= 0.6 is 23.2 Å². The van der Waals surface area contributed by atoms with E-state index in [1.165, 1.54) is 12.1 Å². The summed E-state index contributed by atoms with van der Waals surface area (Å²) in [6, 6.07) is 11.8. The summed E-state index contributed by atoms with van der Waals surface area (Å²) in [6.07, 6.45) is 1.93. The predicted molar refractivity (Wildman–Crippen MR) is 106 cm³/mol. The van der Waals surface area contributed by atoms with Gasteiger partial charge in [-0.3, -0.25) is 4.79 Å². The number of hydrogen-bond acceptors (Lipinski definition) is 4. The third-order valence-electron chi connectivity index (χ3n) is 4.53. The number of benzene rings is 2. The number of esters is 1. The normalized spacial score (nSPS) is 15.3. The van der Waals surface area contributed by atoms with Crippen molar-refractivity contribution in [3.63, 3.8) is 0 Å². The lowest BCUT2D eigenvalue weighted by molar-refractivity contribution is -0.142. The van der Waals surface area contributed by atoms with Crippen molar-refractivity contribution in [1.82, 2.24) is 4.90 Å². The van der Waals surface area contributed by atoms with E-state index >= 15 is 0 Å². The van der Waals surface area contributed by atoms with Gasteiger partial charge >= 0.3 is 5.97 Å². The molecule has 0 saturated carbocycles. The van der Waals surface area contributed by atoms with E-state index in [9.17, 15) is 9.59 Å². The number of rotatable bonds is 4. The molecule has 0 aliphatic carbocycles. The minimum atomic E-state index is -1.05. The van der Waals surface area contributed by atoms with Crippen molar-refractivity contribution < 1.29 is 14.3 Å². The zero-order chi connectivity index (χ0) is 19.4. The highest BCUT2D eigenvalue weighted by molar-refractivity contribution is 6.37. The van der Waals surface area contributed by atoms with Gasteiger partial charge in [0, 0.05) is 23.7 Å². The van der Waals surface area contributed by atoms with Crippen LogP contribution in [0.15, 0.2) is 42.5 Å². The Kier molecular flexibility index (Phi) is 6.24. The first-order valence-corrected chi connectivity index (χ1v) is 9.52. The van der Waals surface area contributed by atoms with Gasteiger partial charge in [0.15, 0.2) is 0 Å². The summed E-state index contributed by atoms with van der Waals surface area (Å²) in [6.45, 7) is 1.32. The average Bonchev–Trinajstić information content (AvgIpc) is 2.69. The molecule has 0 aromatic heterocycles. The number of amides is 1. The summed E-state index contributed by atoms with van der Waals surface area (Å²) < 4.78 is 5.60. The quantitative estimate of drug-likeness (QED) is 0.599. The molecule has 0 spiro atoms. The van der Waals surface area contributed by atoms with Crippen molar-refractivity contribution in [3.05, 3.63) is 63.6 Å². The second-order valence-corrected chi connectivity index (χ2v) is 7.27. The molecule has 2 aromatic carbocycles. The number of piperidine rings is 1. The average molecular weight is 407 g/mol. The Balaban J connectivity index is 1.89. The number of halogens is 2. The van der Waals surface area contributed by atoms with Crippen molar-refractivity contribution in [2.45, 2.75) is 25.4 Å². The zero-order valence-electron chi connectivity index (χ0n) is 14.7. The molecule has 5 nitrogen and oxygen atoms in total. The van der Waals surface area contributed by atoms with Gasteiger partial charge in [-0.05, 0) is 31.4 Å². The fourth-order valence-corrected chi connectivity index (χ4v) is 3.59. The van der Waals surface area contributed by atoms with Crippen molar-refractivity contribution in [3.8, 4) is 0 Å². The van der Waals surface area contributed by atoms with Crippen LogP contribution < -0.4 is 5.73 Å². The molecule has 2 N–H and O–H groups in total. The first kappa shape index (κ1) is 19.5. The molecule has 0 unspecified atom stereocenters. The Morgan fingerprint density at radius 2 is 1.70 bits per heavy atom. The molecule has 1 heterocycles. The van der Waals surface area contributed by atoms with Crippen molar-refractivity contribution in [1.29, 1.82) is 0 Å². The summed E-state index contributed by atoms with van der Waals surface area (Å²) >= 11 is 12.0. The van der Waals surface area contributed by atoms with Gasteiger partial charge in [-0.25, -0.2) is 4.79 Å². The molecule has 1 fully saturated rings. The van der Waals surface area contributed by atoms with E-state index in [4.69, 9.17) is 33.7 Å². The Morgan fingerprint density at radius 3 is 2.37 bits per heavy atom. The number of nitrogens with zero attached hydrogens (tertiary/aromatic N) is 1. The number of carbonyl (C=O) groups is 2. The first-order valence-electron chi connectivity index (χ1n) is 8.76. The Labute approximate surface area is 168 Å². The van der Waals surface area contributed by atoms with Gasteiger partial charge in [0.2, 0.25) is 6.10 Å². The molecule has 1 aliphatic rings. The molecule has 0 bridgehead atoms. The number of anilines is 1. The monoisotopic (exact) mass is 406 g/mol. The van der Waals surface area contributed by atoms with Crippen LogP contribution in [0.2, 0.25) is 10.0 Å². The lowest BCUT2D eigenvalue weighted by atomic mass is 10.1. The molecule has 142 valence electrons. The number of nitrogen functional groups attached to an aromatic ring is 1. The number of hydrogen-bond donors (Lipinski definition) is 1. The van der Waals surface area contributed by atoms with Crippen LogP contribution in [0, 0.1) is 0 Å². The van der Waals surface area contributed by atoms with Gasteiger partial charge in [-0.1, -0.05) is 53.5 Å². The molecule has 7 heteroatoms. The number of likely N-dealkylation sites (tertiary alicyclic amines) is 1. The maximum Gasteiger partial charge on any atom is 0.341 e. The first-order chi connectivity index (χ1) is 13.0. The van der Waals surface area contributed by atoms with E-state index in [0.717, 1.165) is 19.3 Å². The lowest BCUT2D eigenvalue weighted by Crippen LogP contribution is -2.40. The summed E-state index contributed by atoms with van der Waals surface area (Å²) in [4.78, 5) is 27.5. The molecule has 27 heavy (non-hydrogen) atoms. The van der Waals surface area contributed by atoms with E-state index in [2.05, 4.69) is 0 Å². The van der Waals surface area contributed by atoms with Crippen LogP contribution in [-0.4, -0.2) is 29.9 Å². The molecular weight excluding hydrogens is 387 g/mol. The Morgan fingerprint density at radius 1 is 1.04 bits per heavy atom. The summed E-state index contributed by atoms with van der Waals surface area (Å²) in [5, 5.41) is 0.424. The van der Waals surface area contributed by atoms with Crippen LogP contribution in [0.3, 0.4) is 0 Å². The molecule has 1 saturated heterocycles. The van der Waals surface area contributed by atoms with E-state index in [1.54, 1.807) is 29.2 Å². The number of carbonyl (C=O) groups excluding carboxylic acids is 2. The van der Waals surface area contributed by atoms with Crippen LogP contribution in [0.5, 0.6) is 0 Å². The highest BCUT2D eigenvalue weighted by Crippen LogP contribution is 2.30. The standard InChI is InChI=1S/C20H20Cl2N2O3/c21-14-11-15(17(23)16(22)12-14)20(26)27-18(13-7-3-1-4-8-13)19(25)24-9-5-2-6-10-24/h1,3-4,7-8,11-12,18H,2,5-6,9-10,23H2/t18-/m0/s1. The molecule has 2 aromatic rings. The Bertz CT molecular complexity index is 837. The second-order valence-electron chi connectivity index (χ2n) is 6.43. The fourth-order valence-electron chi connectivity index (χ4n) is 3.09. The van der Waals surface area contributed by atoms with Crippen LogP contribution in [0.4, 0.5) is 5.69 Å². The van der Waals surface area contributed by atoms with Gasteiger partial charge in [-0.15, -0.1) is 0 Å². The van der Waals surface area contributed by atoms with Gasteiger partial charge in [0.05, 0.1) is 16.3 Å². The van der Waals surface area contributed by atoms with Crippen LogP contribution in [-0.2, 0) is 9.53 Å². The zero-order valence-corrected chi connectivity index (χ0v) is 16.2. The van der Waals surface area contributed by atoms with E-state index in [1.807, 2.05) is 6.07 Å². The van der Waals surface area contributed by atoms with E-state index < -0.39 is 12.1 Å². The third kappa shape index (κ3) is 4.54. The van der Waals surface area contributed by atoms with Crippen molar-refractivity contribution in [2.24, 2.45) is 0 Å². The molecule has 3 rings (SSSR count). The highest BCUT2D eigenvalue weighted by atomic mass is 35.5. The Hall–Kier alpha value is -2.24. The van der Waals surface area contributed by atoms with E-state index in [0.29, 0.717) is 18.7 Å². The topological polar surface area (TPSA) is 72.6 Å². The van der Waals surface area contributed by atoms with Crippen molar-refractivity contribution in [2.75, 3.05) is 18.8 Å². The smallest absolute Gasteiger partial charge is 0.341 e. The summed E-state index contributed by atoms with van der Waals surface area (Å²) in [5.74, 6) is -0.975. The van der Waals surface area contributed by atoms with E-state index in [-0.39, 0.29) is 27.2 Å². The number of nitrogens with two attached hydrogens (primary N) is 1. The van der Waals surface area contributed by atoms with Gasteiger partial charge in [-0.2, -0.15) is 0 Å². The maximum atomic E-state index is 13.0. The summed E-state index contributed by atoms with van der Waals surface area (Å²) in [5.41, 5.74) is 6.62. The highest BCUT2D eigenvalue weighted by Gasteiger charge is 2.31. The fraction of sp³-hybridized carbons (Fsp3) is 0.300. The maximum absolute atomic E-state index is 13.0. The largest absolute Gasteiger partial charge is 0.444 e. The minimum absolute atomic E-state index is 0.0416. The van der Waals surface area contributed by atoms with Crippen molar-refractivity contribution >= 4 is 40.8 Å². The van der Waals surface area contributed by atoms with Gasteiger partial charge < -0.3 is 15.4 Å². The molecule has 1 aliphatic heterocycles. The summed E-state index contributed by atoms with van der Waals surface area (Å²) in [7, 11) is 0. The van der Waals surface area contributed by atoms with Crippen LogP contribution in [0.1, 0.15) is 41.3 Å². The molecule has 1 amide bonds. The SMILES string of the molecule is Nc1c(Cl)cc(Cl)cc1C(=O)O[C@H](C(=O)N1CCCCC1)c1ccccc1. The molecule has 0 radical (unpaired) electrons. The molecular formula is C20H20Cl2N2O3. The number of ether oxygens (including phenoxy) is 1. The van der Waals surface area contributed by atoms with Gasteiger partial charge in [0.1, 0.15) is 0 Å². The second kappa shape index (κ2) is 8.63. The predicted octanol–water partition coefficient (Wildman–Crippen LogP) is 4.49. The lowest BCUT2D eigenvalue weighted by Gasteiger charge is -2.30.